The second-order valence-electron chi connectivity index (χ2n) is 8.50. The zero-order valence-corrected chi connectivity index (χ0v) is 20.9. The number of likely N-dealkylation sites (N-methyl/N-ethyl adjacent to an activating group) is 1. The Bertz CT molecular complexity index is 1100. The summed E-state index contributed by atoms with van der Waals surface area (Å²) >= 11 is 0. The predicted molar refractivity (Wildman–Crippen MR) is 123 cm³/mol. The Morgan fingerprint density at radius 1 is 1.00 bits per heavy atom. The Labute approximate surface area is 213 Å². The third kappa shape index (κ3) is 11.3. The smallest absolute Gasteiger partial charge is 0.475 e. The predicted octanol–water partition coefficient (Wildman–Crippen LogP) is 2.01. The summed E-state index contributed by atoms with van der Waals surface area (Å²) in [5.74, 6) is -5.51. The van der Waals surface area contributed by atoms with Crippen LogP contribution in [0.4, 0.5) is 26.3 Å². The molecular formula is C22H29F6N5O5. The molecule has 0 fully saturated rings. The fourth-order valence-electron chi connectivity index (χ4n) is 3.36. The molecule has 0 spiro atoms. The quantitative estimate of drug-likeness (QED) is 0.536. The van der Waals surface area contributed by atoms with Crippen molar-refractivity contribution in [2.75, 3.05) is 33.7 Å². The molecule has 3 rings (SSSR count). The van der Waals surface area contributed by atoms with E-state index in [1.165, 1.54) is 16.8 Å². The van der Waals surface area contributed by atoms with Gasteiger partial charge in [-0.15, -0.1) is 0 Å². The molecule has 0 aliphatic carbocycles. The van der Waals surface area contributed by atoms with Crippen LogP contribution in [0.1, 0.15) is 16.8 Å². The molecule has 0 aromatic carbocycles. The molecule has 0 amide bonds. The summed E-state index contributed by atoms with van der Waals surface area (Å²) in [6.07, 6.45) is -4.23. The SMILES string of the molecule is CN(C)CCn1c2c(ccc1=O)CCN(Cc1cnn(C)c1)CC2.O=C(O)C(F)(F)F.O=C(O)C(F)(F)F. The summed E-state index contributed by atoms with van der Waals surface area (Å²) in [6.45, 7) is 4.57. The topological polar surface area (TPSA) is 121 Å². The van der Waals surface area contributed by atoms with Gasteiger partial charge in [-0.1, -0.05) is 6.07 Å². The normalized spacial score (nSPS) is 13.9. The van der Waals surface area contributed by atoms with Gasteiger partial charge >= 0.3 is 24.3 Å². The van der Waals surface area contributed by atoms with E-state index in [-0.39, 0.29) is 5.56 Å². The second-order valence-corrected chi connectivity index (χ2v) is 8.50. The van der Waals surface area contributed by atoms with Gasteiger partial charge in [-0.2, -0.15) is 31.4 Å². The Balaban J connectivity index is 0.000000426. The summed E-state index contributed by atoms with van der Waals surface area (Å²) in [5, 5.41) is 18.5. The fourth-order valence-corrected chi connectivity index (χ4v) is 3.36. The van der Waals surface area contributed by atoms with E-state index in [1.54, 1.807) is 6.07 Å². The molecule has 1 aliphatic rings. The van der Waals surface area contributed by atoms with Crippen molar-refractivity contribution in [2.45, 2.75) is 38.3 Å². The van der Waals surface area contributed by atoms with Crippen molar-refractivity contribution in [1.82, 2.24) is 24.1 Å². The van der Waals surface area contributed by atoms with Crippen LogP contribution >= 0.6 is 0 Å². The van der Waals surface area contributed by atoms with Gasteiger partial charge in [0.25, 0.3) is 5.56 Å². The van der Waals surface area contributed by atoms with Gasteiger partial charge in [-0.25, -0.2) is 9.59 Å². The number of hydrogen-bond donors (Lipinski definition) is 2. The molecule has 2 N–H and O–H groups in total. The molecule has 2 aromatic heterocycles. The fraction of sp³-hybridized carbons (Fsp3) is 0.545. The lowest BCUT2D eigenvalue weighted by Crippen LogP contribution is -2.30. The number of aryl methyl sites for hydroxylation is 1. The van der Waals surface area contributed by atoms with E-state index in [0.29, 0.717) is 0 Å². The van der Waals surface area contributed by atoms with Crippen molar-refractivity contribution in [3.63, 3.8) is 0 Å². The minimum absolute atomic E-state index is 0.122. The van der Waals surface area contributed by atoms with Crippen molar-refractivity contribution >= 4 is 11.9 Å². The van der Waals surface area contributed by atoms with E-state index < -0.39 is 24.3 Å². The largest absolute Gasteiger partial charge is 0.490 e. The first-order valence-corrected chi connectivity index (χ1v) is 11.1. The molecule has 0 radical (unpaired) electrons. The molecule has 16 heteroatoms. The highest BCUT2D eigenvalue weighted by Gasteiger charge is 2.38. The number of aromatic nitrogens is 3. The second kappa shape index (κ2) is 13.9. The molecule has 0 bridgehead atoms. The Kier molecular flexibility index (Phi) is 12.0. The third-order valence-electron chi connectivity index (χ3n) is 5.17. The van der Waals surface area contributed by atoms with Crippen LogP contribution in [-0.2, 0) is 42.6 Å². The number of fused-ring (bicyclic) bond motifs is 1. The van der Waals surface area contributed by atoms with Gasteiger partial charge < -0.3 is 19.7 Å². The van der Waals surface area contributed by atoms with Gasteiger partial charge in [0.1, 0.15) is 0 Å². The molecule has 0 unspecified atom stereocenters. The summed E-state index contributed by atoms with van der Waals surface area (Å²) in [5.41, 5.74) is 3.91. The number of carboxylic acid groups (broad SMARTS) is 2. The lowest BCUT2D eigenvalue weighted by Gasteiger charge is -2.19. The summed E-state index contributed by atoms with van der Waals surface area (Å²) < 4.78 is 67.3. The monoisotopic (exact) mass is 557 g/mol. The van der Waals surface area contributed by atoms with E-state index in [9.17, 15) is 31.1 Å². The number of carbonyl (C=O) groups is 2. The number of halogens is 6. The van der Waals surface area contributed by atoms with Crippen LogP contribution in [-0.4, -0.2) is 92.4 Å². The summed E-state index contributed by atoms with van der Waals surface area (Å²) in [7, 11) is 6.04. The Morgan fingerprint density at radius 2 is 1.53 bits per heavy atom. The molecule has 0 saturated carbocycles. The van der Waals surface area contributed by atoms with E-state index in [4.69, 9.17) is 19.8 Å². The highest BCUT2D eigenvalue weighted by atomic mass is 19.4. The lowest BCUT2D eigenvalue weighted by atomic mass is 10.1. The van der Waals surface area contributed by atoms with Crippen LogP contribution in [0, 0.1) is 0 Å². The average Bonchev–Trinajstić information content (AvgIpc) is 3.08. The highest BCUT2D eigenvalue weighted by molar-refractivity contribution is 5.73. The van der Waals surface area contributed by atoms with Crippen molar-refractivity contribution in [1.29, 1.82) is 0 Å². The van der Waals surface area contributed by atoms with Crippen LogP contribution in [0.2, 0.25) is 0 Å². The van der Waals surface area contributed by atoms with Crippen LogP contribution in [0.25, 0.3) is 0 Å². The first-order chi connectivity index (χ1) is 17.4. The van der Waals surface area contributed by atoms with Crippen molar-refractivity contribution in [2.24, 2.45) is 7.05 Å². The number of pyridine rings is 1. The van der Waals surface area contributed by atoms with Crippen LogP contribution in [0.3, 0.4) is 0 Å². The van der Waals surface area contributed by atoms with Gasteiger partial charge in [0.15, 0.2) is 0 Å². The average molecular weight is 557 g/mol. The minimum atomic E-state index is -5.08. The van der Waals surface area contributed by atoms with Gasteiger partial charge in [-0.05, 0) is 26.1 Å². The highest BCUT2D eigenvalue weighted by Crippen LogP contribution is 2.17. The number of rotatable bonds is 5. The zero-order chi connectivity index (χ0) is 29.3. The maximum Gasteiger partial charge on any atom is 0.490 e. The van der Waals surface area contributed by atoms with E-state index in [2.05, 4.69) is 21.1 Å². The number of aliphatic carboxylic acids is 2. The number of nitrogens with zero attached hydrogens (tertiary/aromatic N) is 5. The van der Waals surface area contributed by atoms with Crippen LogP contribution < -0.4 is 5.56 Å². The van der Waals surface area contributed by atoms with Gasteiger partial charge in [-0.3, -0.25) is 14.4 Å². The first-order valence-electron chi connectivity index (χ1n) is 11.1. The molecule has 2 aromatic rings. The molecule has 10 nitrogen and oxygen atoms in total. The molecule has 1 aliphatic heterocycles. The zero-order valence-electron chi connectivity index (χ0n) is 20.9. The molecule has 3 heterocycles. The van der Waals surface area contributed by atoms with Gasteiger partial charge in [0.05, 0.1) is 6.20 Å². The van der Waals surface area contributed by atoms with E-state index in [1.807, 2.05) is 42.7 Å². The molecule has 38 heavy (non-hydrogen) atoms. The number of hydrogen-bond acceptors (Lipinski definition) is 6. The van der Waals surface area contributed by atoms with Gasteiger partial charge in [0, 0.05) is 69.7 Å². The molecular weight excluding hydrogens is 528 g/mol. The summed E-state index contributed by atoms with van der Waals surface area (Å²) in [4.78, 5) is 34.7. The minimum Gasteiger partial charge on any atom is -0.475 e. The summed E-state index contributed by atoms with van der Waals surface area (Å²) in [6, 6.07) is 3.75. The standard InChI is InChI=1S/C18H27N5O.2C2HF3O2/c1-20(2)10-11-23-17-7-9-22(14-15-12-19-21(3)13-15)8-6-16(17)4-5-18(23)24;2*3-2(4,5)1(6)7/h4-5,12-13H,6-11,14H2,1-3H3;2*(H,6,7). The lowest BCUT2D eigenvalue weighted by molar-refractivity contribution is -0.193. The molecule has 0 saturated heterocycles. The Morgan fingerprint density at radius 3 is 1.97 bits per heavy atom. The van der Waals surface area contributed by atoms with Crippen molar-refractivity contribution in [3.8, 4) is 0 Å². The molecule has 214 valence electrons. The molecule has 0 atom stereocenters. The van der Waals surface area contributed by atoms with E-state index >= 15 is 0 Å². The Hall–Kier alpha value is -3.40. The number of carboxylic acids is 2. The third-order valence-corrected chi connectivity index (χ3v) is 5.17. The maximum absolute atomic E-state index is 12.3. The van der Waals surface area contributed by atoms with Gasteiger partial charge in [0.2, 0.25) is 0 Å². The number of alkyl halides is 6. The van der Waals surface area contributed by atoms with Crippen LogP contribution in [0.15, 0.2) is 29.3 Å². The first kappa shape index (κ1) is 32.6. The maximum atomic E-state index is 12.3. The van der Waals surface area contributed by atoms with Crippen molar-refractivity contribution in [3.05, 3.63) is 51.7 Å². The van der Waals surface area contributed by atoms with Crippen LogP contribution in [0.5, 0.6) is 0 Å². The van der Waals surface area contributed by atoms with E-state index in [0.717, 1.165) is 45.6 Å². The van der Waals surface area contributed by atoms with Crippen molar-refractivity contribution < 1.29 is 46.1 Å².